The van der Waals surface area contributed by atoms with Crippen LogP contribution >= 0.6 is 23.1 Å². The molecule has 0 radical (unpaired) electrons. The molecule has 0 spiro atoms. The SMILES string of the molecule is C[C@@H]1S[C@@H]2[C@H](NC(=O)C(=NOC(C)(C)C(=O)O)c3csc(N)n3)C(=O)N2C(C(=O)O)=C1C[N+]12CCC(CNC(=O)c3c[nH]c4cc(O)c(O)cc4c3=O)(CC1)C2. The number of fused-ring (bicyclic) bond motifs is 4. The summed E-state index contributed by atoms with van der Waals surface area (Å²) in [7, 11) is 0. The molecule has 0 unspecified atom stereocenters. The van der Waals surface area contributed by atoms with Crippen molar-refractivity contribution in [2.24, 2.45) is 10.6 Å². The number of hydrogen-bond acceptors (Lipinski definition) is 14. The summed E-state index contributed by atoms with van der Waals surface area (Å²) in [4.78, 5) is 91.1. The first-order chi connectivity index (χ1) is 26.3. The minimum atomic E-state index is -1.80. The molecule has 4 aliphatic rings. The Morgan fingerprint density at radius 3 is 2.50 bits per heavy atom. The summed E-state index contributed by atoms with van der Waals surface area (Å²) in [6.45, 7) is 7.04. The second kappa shape index (κ2) is 13.8. The third kappa shape index (κ3) is 6.68. The van der Waals surface area contributed by atoms with E-state index in [1.54, 1.807) is 0 Å². The van der Waals surface area contributed by atoms with Crippen LogP contribution in [0.15, 0.2) is 44.9 Å². The van der Waals surface area contributed by atoms with Gasteiger partial charge in [0.15, 0.2) is 22.3 Å². The Bertz CT molecular complexity index is 2330. The van der Waals surface area contributed by atoms with Gasteiger partial charge in [-0.05, 0) is 26.8 Å². The number of nitrogens with zero attached hydrogens (tertiary/aromatic N) is 4. The predicted octanol–water partition coefficient (Wildman–Crippen LogP) is 0.730. The zero-order chi connectivity index (χ0) is 40.5. The van der Waals surface area contributed by atoms with Crippen molar-refractivity contribution in [1.82, 2.24) is 25.5 Å². The number of rotatable bonds is 12. The third-order valence-electron chi connectivity index (χ3n) is 11.0. The Labute approximate surface area is 325 Å². The molecule has 3 amide bonds. The lowest BCUT2D eigenvalue weighted by Gasteiger charge is -2.51. The van der Waals surface area contributed by atoms with Gasteiger partial charge >= 0.3 is 11.9 Å². The van der Waals surface area contributed by atoms with Crippen LogP contribution in [0.1, 0.15) is 49.7 Å². The number of aromatic amines is 1. The van der Waals surface area contributed by atoms with E-state index < -0.39 is 69.3 Å². The number of piperidine rings is 1. The van der Waals surface area contributed by atoms with E-state index in [0.29, 0.717) is 36.2 Å². The number of nitrogens with two attached hydrogens (primary N) is 1. The summed E-state index contributed by atoms with van der Waals surface area (Å²) in [5.74, 6) is -5.63. The molecular formula is C35H39N8O11S2+. The molecule has 3 fully saturated rings. The van der Waals surface area contributed by atoms with Crippen LogP contribution in [0.25, 0.3) is 10.9 Å². The van der Waals surface area contributed by atoms with E-state index in [1.165, 1.54) is 48.2 Å². The van der Waals surface area contributed by atoms with Crippen molar-refractivity contribution in [3.63, 3.8) is 0 Å². The molecule has 21 heteroatoms. The standard InChI is InChI=1S/C35H38N8O11S2/c1-15-18(11-43-6-4-35(14-43,5-7-43)13-38-27(47)17-10-37-19-9-22(45)21(44)8-16(19)26(17)46)25(31(50)51)42-29(49)24(30(42)56-15)40-28(48)23(20-12-55-33(36)39-20)41-54-34(2,3)32(52)53/h8-10,12,15,24,30H,4-7,11,13-14H2,1-3H3,(H8-,36,37,38,39,40,41,44,45,46,47,48,50,51,52,53)/p+1/t15-,24+,30+,35?,43?/m0/s1. The number of carboxylic acid groups (broad SMARTS) is 2. The number of thioether (sulfide) groups is 1. The van der Waals surface area contributed by atoms with E-state index in [1.807, 2.05) is 6.92 Å². The first kappa shape index (κ1) is 38.6. The number of benzene rings is 1. The van der Waals surface area contributed by atoms with Crippen LogP contribution in [-0.4, -0.2) is 130 Å². The number of aromatic hydroxyl groups is 2. The number of oxime groups is 1. The Balaban J connectivity index is 1.05. The lowest BCUT2D eigenvalue weighted by atomic mass is 9.84. The minimum absolute atomic E-state index is 0.000858. The normalized spacial score (nSPS) is 25.8. The van der Waals surface area contributed by atoms with E-state index in [-0.39, 0.29) is 50.2 Å². The number of pyridine rings is 1. The summed E-state index contributed by atoms with van der Waals surface area (Å²) in [5.41, 5.74) is 3.20. The molecule has 296 valence electrons. The van der Waals surface area contributed by atoms with Crippen molar-refractivity contribution in [3.8, 4) is 11.5 Å². The molecule has 3 aromatic rings. The molecule has 2 bridgehead atoms. The van der Waals surface area contributed by atoms with Crippen LogP contribution in [0.2, 0.25) is 0 Å². The second-order valence-electron chi connectivity index (χ2n) is 15.1. The number of aromatic nitrogens is 2. The number of carbonyl (C=O) groups is 5. The molecule has 19 nitrogen and oxygen atoms in total. The molecule has 9 N–H and O–H groups in total. The highest BCUT2D eigenvalue weighted by atomic mass is 32.2. The summed E-state index contributed by atoms with van der Waals surface area (Å²) in [6.07, 6.45) is 2.75. The van der Waals surface area contributed by atoms with Gasteiger partial charge in [0.2, 0.25) is 11.0 Å². The number of anilines is 1. The Morgan fingerprint density at radius 1 is 1.16 bits per heavy atom. The van der Waals surface area contributed by atoms with Gasteiger partial charge in [0.05, 0.1) is 30.5 Å². The van der Waals surface area contributed by atoms with Crippen molar-refractivity contribution < 1.29 is 53.7 Å². The molecule has 1 aromatic carbocycles. The first-order valence-corrected chi connectivity index (χ1v) is 19.3. The topological polar surface area (TPSA) is 287 Å². The molecule has 56 heavy (non-hydrogen) atoms. The van der Waals surface area contributed by atoms with Gasteiger partial charge in [-0.25, -0.2) is 14.6 Å². The Kier molecular flexibility index (Phi) is 9.52. The van der Waals surface area contributed by atoms with Crippen LogP contribution in [0.4, 0.5) is 5.13 Å². The molecule has 7 rings (SSSR count). The van der Waals surface area contributed by atoms with E-state index in [9.17, 15) is 49.2 Å². The molecule has 0 saturated carbocycles. The van der Waals surface area contributed by atoms with Gasteiger partial charge in [-0.15, -0.1) is 23.1 Å². The number of H-pyrrole nitrogens is 1. The molecule has 3 saturated heterocycles. The monoisotopic (exact) mass is 811 g/mol. The van der Waals surface area contributed by atoms with Crippen molar-refractivity contribution in [3.05, 3.63) is 56.5 Å². The van der Waals surface area contributed by atoms with E-state index >= 15 is 0 Å². The van der Waals surface area contributed by atoms with Crippen LogP contribution in [0, 0.1) is 5.41 Å². The van der Waals surface area contributed by atoms with Crippen molar-refractivity contribution in [1.29, 1.82) is 0 Å². The maximum absolute atomic E-state index is 13.6. The average molecular weight is 812 g/mol. The quantitative estimate of drug-likeness (QED) is 0.0412. The van der Waals surface area contributed by atoms with Crippen LogP contribution in [0.5, 0.6) is 11.5 Å². The van der Waals surface area contributed by atoms with Crippen LogP contribution < -0.4 is 21.8 Å². The van der Waals surface area contributed by atoms with Gasteiger partial charge in [0.25, 0.3) is 17.7 Å². The van der Waals surface area contributed by atoms with Gasteiger partial charge in [-0.1, -0.05) is 5.16 Å². The maximum atomic E-state index is 13.6. The summed E-state index contributed by atoms with van der Waals surface area (Å²) >= 11 is 2.34. The number of quaternary nitrogens is 1. The molecule has 0 aliphatic carbocycles. The third-order valence-corrected chi connectivity index (χ3v) is 13.2. The van der Waals surface area contributed by atoms with Crippen molar-refractivity contribution in [2.75, 3.05) is 38.5 Å². The number of amides is 3. The highest BCUT2D eigenvalue weighted by molar-refractivity contribution is 8.00. The number of phenolic OH excluding ortho intramolecular Hbond substituents is 2. The number of nitrogens with one attached hydrogen (secondary N) is 3. The van der Waals surface area contributed by atoms with E-state index in [2.05, 4.69) is 25.8 Å². The summed E-state index contributed by atoms with van der Waals surface area (Å²) in [5, 5.41) is 49.3. The van der Waals surface area contributed by atoms with Crippen molar-refractivity contribution >= 4 is 74.5 Å². The fourth-order valence-electron chi connectivity index (χ4n) is 7.86. The number of carbonyl (C=O) groups excluding carboxylic acids is 3. The molecule has 3 atom stereocenters. The Hall–Kier alpha value is -5.67. The molecule has 6 heterocycles. The lowest BCUT2D eigenvalue weighted by molar-refractivity contribution is -0.905. The number of hydrogen-bond donors (Lipinski definition) is 8. The zero-order valence-corrected chi connectivity index (χ0v) is 32.0. The highest BCUT2D eigenvalue weighted by Crippen LogP contribution is 2.49. The number of carboxylic acids is 2. The number of aliphatic carboxylic acids is 2. The first-order valence-electron chi connectivity index (χ1n) is 17.5. The average Bonchev–Trinajstić information content (AvgIpc) is 3.84. The van der Waals surface area contributed by atoms with Gasteiger partial charge in [-0.2, -0.15) is 0 Å². The van der Waals surface area contributed by atoms with Crippen LogP contribution in [-0.2, 0) is 24.0 Å². The van der Waals surface area contributed by atoms with Crippen molar-refractivity contribution in [2.45, 2.75) is 55.9 Å². The molecule has 4 aliphatic heterocycles. The minimum Gasteiger partial charge on any atom is -0.504 e. The zero-order valence-electron chi connectivity index (χ0n) is 30.3. The maximum Gasteiger partial charge on any atom is 0.352 e. The van der Waals surface area contributed by atoms with E-state index in [0.717, 1.165) is 30.2 Å². The van der Waals surface area contributed by atoms with Crippen LogP contribution in [0.3, 0.4) is 0 Å². The second-order valence-corrected chi connectivity index (χ2v) is 17.5. The molecular weight excluding hydrogens is 773 g/mol. The largest absolute Gasteiger partial charge is 0.504 e. The van der Waals surface area contributed by atoms with Gasteiger partial charge in [-0.3, -0.25) is 24.1 Å². The lowest BCUT2D eigenvalue weighted by Crippen LogP contribution is -2.71. The fraction of sp³-hybridized carbons (Fsp3) is 0.429. The van der Waals surface area contributed by atoms with Gasteiger partial charge in [0, 0.05) is 53.3 Å². The molecule has 2 aromatic heterocycles. The fourth-order valence-corrected chi connectivity index (χ4v) is 9.85. The summed E-state index contributed by atoms with van der Waals surface area (Å²) < 4.78 is 0.558. The number of phenols is 2. The number of thiazole rings is 1. The van der Waals surface area contributed by atoms with Gasteiger partial charge < -0.3 is 51.1 Å². The van der Waals surface area contributed by atoms with E-state index in [4.69, 9.17) is 10.6 Å². The highest BCUT2D eigenvalue weighted by Gasteiger charge is 2.59. The smallest absolute Gasteiger partial charge is 0.352 e. The van der Waals surface area contributed by atoms with Gasteiger partial charge in [0.1, 0.15) is 34.9 Å². The predicted molar refractivity (Wildman–Crippen MR) is 202 cm³/mol. The summed E-state index contributed by atoms with van der Waals surface area (Å²) in [6, 6.07) is 1.17. The Morgan fingerprint density at radius 2 is 1.86 bits per heavy atom. The number of β-lactam (4-membered cyclic amide) rings is 1. The number of nitrogen functional groups attached to an aromatic ring is 1.